The first-order chi connectivity index (χ1) is 11.6. The zero-order valence-corrected chi connectivity index (χ0v) is 13.7. The maximum atomic E-state index is 13.7. The molecular formula is C17H15FN4OS. The van der Waals surface area contributed by atoms with Crippen LogP contribution in [-0.2, 0) is 0 Å². The Morgan fingerprint density at radius 1 is 1.21 bits per heavy atom. The molecule has 1 atom stereocenters. The fraction of sp³-hybridized carbons (Fsp3) is 0.118. The number of halogens is 1. The lowest BCUT2D eigenvalue weighted by atomic mass is 10.2. The number of rotatable bonds is 4. The molecule has 0 fully saturated rings. The Labute approximate surface area is 143 Å². The number of aromatic amines is 1. The van der Waals surface area contributed by atoms with Crippen LogP contribution in [-0.4, -0.2) is 20.7 Å². The Kier molecular flexibility index (Phi) is 4.52. The Morgan fingerprint density at radius 3 is 2.58 bits per heavy atom. The van der Waals surface area contributed by atoms with Crippen LogP contribution in [0.5, 0.6) is 0 Å². The van der Waals surface area contributed by atoms with Crippen molar-refractivity contribution in [3.05, 3.63) is 76.6 Å². The summed E-state index contributed by atoms with van der Waals surface area (Å²) in [6.45, 7) is 1.77. The molecule has 1 heterocycles. The van der Waals surface area contributed by atoms with Gasteiger partial charge in [-0.1, -0.05) is 30.3 Å². The molecule has 2 aromatic carbocycles. The highest BCUT2D eigenvalue weighted by atomic mass is 32.1. The predicted octanol–water partition coefficient (Wildman–Crippen LogP) is 3.56. The molecular weight excluding hydrogens is 327 g/mol. The quantitative estimate of drug-likeness (QED) is 0.713. The molecule has 0 saturated carbocycles. The van der Waals surface area contributed by atoms with Gasteiger partial charge in [0.1, 0.15) is 5.82 Å². The summed E-state index contributed by atoms with van der Waals surface area (Å²) in [4.78, 5) is 12.3. The van der Waals surface area contributed by atoms with Crippen molar-refractivity contribution < 1.29 is 9.18 Å². The van der Waals surface area contributed by atoms with Gasteiger partial charge in [-0.25, -0.2) is 4.39 Å². The SMILES string of the molecule is C[C@H](NC(=O)c1ccccc1F)c1n[nH]c(=S)n1-c1ccccc1. The van der Waals surface area contributed by atoms with E-state index < -0.39 is 17.8 Å². The van der Waals surface area contributed by atoms with Gasteiger partial charge in [0.05, 0.1) is 11.6 Å². The van der Waals surface area contributed by atoms with E-state index in [1.165, 1.54) is 18.2 Å². The van der Waals surface area contributed by atoms with Crippen LogP contribution < -0.4 is 5.32 Å². The first kappa shape index (κ1) is 16.1. The third-order valence-electron chi connectivity index (χ3n) is 3.57. The molecule has 0 aliphatic rings. The van der Waals surface area contributed by atoms with Gasteiger partial charge in [0.15, 0.2) is 10.6 Å². The fourth-order valence-corrected chi connectivity index (χ4v) is 2.66. The Balaban J connectivity index is 1.89. The number of hydrogen-bond acceptors (Lipinski definition) is 3. The minimum atomic E-state index is -0.566. The van der Waals surface area contributed by atoms with E-state index in [0.717, 1.165) is 5.69 Å². The molecule has 5 nitrogen and oxygen atoms in total. The van der Waals surface area contributed by atoms with E-state index in [9.17, 15) is 9.18 Å². The summed E-state index contributed by atoms with van der Waals surface area (Å²) >= 11 is 5.27. The second-order valence-corrected chi connectivity index (χ2v) is 5.62. The molecule has 0 aliphatic heterocycles. The number of amides is 1. The number of hydrogen-bond donors (Lipinski definition) is 2. The van der Waals surface area contributed by atoms with Gasteiger partial charge in [0.25, 0.3) is 5.91 Å². The van der Waals surface area contributed by atoms with Crippen molar-refractivity contribution in [1.29, 1.82) is 0 Å². The van der Waals surface area contributed by atoms with Crippen molar-refractivity contribution in [3.8, 4) is 5.69 Å². The van der Waals surface area contributed by atoms with E-state index in [0.29, 0.717) is 10.6 Å². The van der Waals surface area contributed by atoms with Crippen LogP contribution in [0.4, 0.5) is 4.39 Å². The van der Waals surface area contributed by atoms with Crippen LogP contribution in [0.3, 0.4) is 0 Å². The maximum Gasteiger partial charge on any atom is 0.254 e. The smallest absolute Gasteiger partial charge is 0.254 e. The van der Waals surface area contributed by atoms with Crippen LogP contribution in [0.1, 0.15) is 29.1 Å². The molecule has 0 saturated heterocycles. The second kappa shape index (κ2) is 6.76. The second-order valence-electron chi connectivity index (χ2n) is 5.23. The molecule has 0 aliphatic carbocycles. The highest BCUT2D eigenvalue weighted by Gasteiger charge is 2.19. The van der Waals surface area contributed by atoms with Gasteiger partial charge < -0.3 is 5.32 Å². The summed E-state index contributed by atoms with van der Waals surface area (Å²) in [5.74, 6) is -0.533. The Hall–Kier alpha value is -2.80. The first-order valence-electron chi connectivity index (χ1n) is 7.36. The minimum Gasteiger partial charge on any atom is -0.342 e. The molecule has 122 valence electrons. The standard InChI is InChI=1S/C17H15FN4OS/c1-11(19-16(23)13-9-5-6-10-14(13)18)15-20-21-17(24)22(15)12-7-3-2-4-8-12/h2-11H,1H3,(H,19,23)(H,21,24)/t11-/m0/s1. The largest absolute Gasteiger partial charge is 0.342 e. The zero-order valence-electron chi connectivity index (χ0n) is 12.9. The van der Waals surface area contributed by atoms with Gasteiger partial charge in [0, 0.05) is 5.69 Å². The third kappa shape index (κ3) is 3.11. The Morgan fingerprint density at radius 2 is 1.88 bits per heavy atom. The van der Waals surface area contributed by atoms with Crippen molar-refractivity contribution in [1.82, 2.24) is 20.1 Å². The molecule has 2 N–H and O–H groups in total. The summed E-state index contributed by atoms with van der Waals surface area (Å²) in [6.07, 6.45) is 0. The number of carbonyl (C=O) groups excluding carboxylic acids is 1. The van der Waals surface area contributed by atoms with Gasteiger partial charge in [0.2, 0.25) is 0 Å². The number of H-pyrrole nitrogens is 1. The molecule has 0 spiro atoms. The van der Waals surface area contributed by atoms with Gasteiger partial charge in [-0.2, -0.15) is 5.10 Å². The first-order valence-corrected chi connectivity index (χ1v) is 7.77. The van der Waals surface area contributed by atoms with Crippen LogP contribution in [0.2, 0.25) is 0 Å². The molecule has 0 unspecified atom stereocenters. The summed E-state index contributed by atoms with van der Waals surface area (Å²) in [7, 11) is 0. The van der Waals surface area contributed by atoms with Crippen molar-refractivity contribution in [3.63, 3.8) is 0 Å². The van der Waals surface area contributed by atoms with Crippen LogP contribution in [0.25, 0.3) is 5.69 Å². The third-order valence-corrected chi connectivity index (χ3v) is 3.84. The van der Waals surface area contributed by atoms with Crippen molar-refractivity contribution in [2.75, 3.05) is 0 Å². The van der Waals surface area contributed by atoms with Crippen LogP contribution >= 0.6 is 12.2 Å². The van der Waals surface area contributed by atoms with E-state index in [2.05, 4.69) is 15.5 Å². The zero-order chi connectivity index (χ0) is 17.1. The van der Waals surface area contributed by atoms with E-state index in [1.807, 2.05) is 30.3 Å². The van der Waals surface area contributed by atoms with Crippen LogP contribution in [0, 0.1) is 10.6 Å². The number of benzene rings is 2. The topological polar surface area (TPSA) is 62.7 Å². The maximum absolute atomic E-state index is 13.7. The normalized spacial score (nSPS) is 11.9. The molecule has 3 rings (SSSR count). The van der Waals surface area contributed by atoms with Crippen molar-refractivity contribution in [2.24, 2.45) is 0 Å². The molecule has 24 heavy (non-hydrogen) atoms. The molecule has 7 heteroatoms. The lowest BCUT2D eigenvalue weighted by Crippen LogP contribution is -2.29. The lowest BCUT2D eigenvalue weighted by molar-refractivity contribution is 0.0934. The predicted molar refractivity (Wildman–Crippen MR) is 91.0 cm³/mol. The van der Waals surface area contributed by atoms with E-state index in [4.69, 9.17) is 12.2 Å². The Bertz CT molecular complexity index is 920. The van der Waals surface area contributed by atoms with E-state index >= 15 is 0 Å². The highest BCUT2D eigenvalue weighted by Crippen LogP contribution is 2.17. The fourth-order valence-electron chi connectivity index (χ4n) is 2.41. The van der Waals surface area contributed by atoms with Crippen molar-refractivity contribution >= 4 is 18.1 Å². The summed E-state index contributed by atoms with van der Waals surface area (Å²) in [5.41, 5.74) is 0.822. The monoisotopic (exact) mass is 342 g/mol. The van der Waals surface area contributed by atoms with Crippen LogP contribution in [0.15, 0.2) is 54.6 Å². The average molecular weight is 342 g/mol. The summed E-state index contributed by atoms with van der Waals surface area (Å²) < 4.78 is 15.9. The molecule has 3 aromatic rings. The van der Waals surface area contributed by atoms with Gasteiger partial charge in [-0.3, -0.25) is 14.5 Å². The number of aromatic nitrogens is 3. The minimum absolute atomic E-state index is 0.00950. The van der Waals surface area contributed by atoms with Gasteiger partial charge in [-0.05, 0) is 43.4 Å². The molecule has 0 bridgehead atoms. The molecule has 1 amide bonds. The highest BCUT2D eigenvalue weighted by molar-refractivity contribution is 7.71. The molecule has 1 aromatic heterocycles. The van der Waals surface area contributed by atoms with Crippen molar-refractivity contribution in [2.45, 2.75) is 13.0 Å². The van der Waals surface area contributed by atoms with Gasteiger partial charge in [-0.15, -0.1) is 0 Å². The number of carbonyl (C=O) groups is 1. The summed E-state index contributed by atoms with van der Waals surface area (Å²) in [6, 6.07) is 14.8. The van der Waals surface area contributed by atoms with Gasteiger partial charge >= 0.3 is 0 Å². The molecule has 0 radical (unpaired) electrons. The van der Waals surface area contributed by atoms with E-state index in [1.54, 1.807) is 17.6 Å². The lowest BCUT2D eigenvalue weighted by Gasteiger charge is -2.15. The number of para-hydroxylation sites is 1. The number of nitrogens with zero attached hydrogens (tertiary/aromatic N) is 2. The average Bonchev–Trinajstić information content (AvgIpc) is 2.97. The number of nitrogens with one attached hydrogen (secondary N) is 2. The van der Waals surface area contributed by atoms with E-state index in [-0.39, 0.29) is 5.56 Å². The summed E-state index contributed by atoms with van der Waals surface area (Å²) in [5, 5.41) is 9.68.